The van der Waals surface area contributed by atoms with Crippen molar-refractivity contribution >= 4 is 93.3 Å². The molecule has 0 saturated carbocycles. The van der Waals surface area contributed by atoms with Gasteiger partial charge in [0.2, 0.25) is 0 Å². The second-order valence-corrected chi connectivity index (χ2v) is 29.6. The minimum absolute atomic E-state index is 0.0187. The van der Waals surface area contributed by atoms with Gasteiger partial charge in [0.05, 0.1) is 129 Å². The lowest BCUT2D eigenvalue weighted by molar-refractivity contribution is 0.0591. The molecule has 2 fully saturated rings. The van der Waals surface area contributed by atoms with Gasteiger partial charge in [-0.1, -0.05) is 66.7 Å². The first-order valence-electron chi connectivity index (χ1n) is 41.8. The number of carboxylic acids is 2. The molecule has 668 valence electrons. The highest BCUT2D eigenvalue weighted by Crippen LogP contribution is 2.31. The number of esters is 2. The number of aryl methyl sites for hydroxylation is 4. The van der Waals surface area contributed by atoms with Gasteiger partial charge in [-0.15, -0.1) is 0 Å². The van der Waals surface area contributed by atoms with Crippen LogP contribution in [0, 0.1) is 27.7 Å². The van der Waals surface area contributed by atoms with Gasteiger partial charge in [0, 0.05) is 116 Å². The number of ether oxygens (including phenoxy) is 5. The molecule has 0 spiro atoms. The molecule has 0 atom stereocenters. The minimum Gasteiger partial charge on any atom is -0.478 e. The molecule has 3 amide bonds. The zero-order valence-electron chi connectivity index (χ0n) is 72.3. The first-order chi connectivity index (χ1) is 61.3. The number of methoxy groups -OCH3 is 2. The maximum Gasteiger partial charge on any atom is 0.337 e. The Morgan fingerprint density at radius 3 is 1.12 bits per heavy atom. The predicted molar refractivity (Wildman–Crippen MR) is 484 cm³/mol. The Morgan fingerprint density at radius 1 is 0.370 bits per heavy atom. The molecule has 12 rings (SSSR count). The third kappa shape index (κ3) is 31.8. The third-order valence-electron chi connectivity index (χ3n) is 20.4. The molecule has 10 aromatic rings. The molecule has 127 heavy (non-hydrogen) atoms. The number of carbonyl (C=O) groups excluding carboxylic acids is 8. The van der Waals surface area contributed by atoms with Gasteiger partial charge in [0.15, 0.2) is 29.0 Å². The Labute approximate surface area is 737 Å². The van der Waals surface area contributed by atoms with Crippen molar-refractivity contribution < 1.29 is 97.2 Å². The Bertz CT molecular complexity index is 5370. The number of aromatic nitrogens is 4. The number of carbonyl (C=O) groups is 10. The number of anilines is 6. The van der Waals surface area contributed by atoms with Crippen molar-refractivity contribution in [3.05, 3.63) is 273 Å². The van der Waals surface area contributed by atoms with Crippen LogP contribution in [0.15, 0.2) is 195 Å². The zero-order chi connectivity index (χ0) is 91.6. The van der Waals surface area contributed by atoms with Crippen LogP contribution in [0.1, 0.15) is 203 Å². The second-order valence-electron chi connectivity index (χ2n) is 29.6. The standard InChI is InChI=1S/C37H41N5O5.C24H27N5O.C14H18O5.C13H16O5.C9H8O4/c1-25-11-12-27(20-26(25)2)33-23-39-35(24-38-33)41-37(46)31-22-30(42-15-4-3-5-16-42)13-14-32(31)40-36(45)29-9-6-8-28(21-29)34(44)10-7-18-47-19-17-43;1-16-6-7-18(12-17(16)2)22-14-27-23(15-26-22)28-24(30)20-13-19(8-9-21(20)25)29-10-4-3-5-11-29;1-18-14(17)12-5-2-4-11(10-12)13(16)6-3-8-19-9-7-15;14-6-8-18-7-2-5-12(15)10-3-1-4-11(9-10)13(16)17;1-13-9(12)7-4-2-3-6(5-7)8(10)11/h6,8-9,11-14,20-24,43H,3-5,7,10,15-19H2,1-2H3,(H,40,45)(H,39,41,46);6-9,12-15H,3-5,10-11,25H2,1-2H3,(H,27,28,30);2,4-5,10,15H,3,6-9H2,1H3;1,3-4,9,14H,2,5-8H2,(H,16,17);2-5H,1H3,(H,10,11). The van der Waals surface area contributed by atoms with Crippen molar-refractivity contribution in [3.8, 4) is 22.5 Å². The fourth-order valence-electron chi connectivity index (χ4n) is 13.1. The molecule has 30 heteroatoms. The van der Waals surface area contributed by atoms with Gasteiger partial charge in [-0.2, -0.15) is 0 Å². The van der Waals surface area contributed by atoms with Gasteiger partial charge in [-0.05, 0) is 211 Å². The molecule has 2 saturated heterocycles. The molecular weight excluding hydrogens is 1630 g/mol. The molecule has 8 aromatic carbocycles. The summed E-state index contributed by atoms with van der Waals surface area (Å²) in [6.45, 7) is 13.9. The fourth-order valence-corrected chi connectivity index (χ4v) is 13.1. The van der Waals surface area contributed by atoms with E-state index in [1.807, 2.05) is 43.3 Å². The Kier molecular flexibility index (Phi) is 40.6. The number of nitrogen functional groups attached to an aromatic ring is 1. The van der Waals surface area contributed by atoms with Gasteiger partial charge < -0.3 is 80.7 Å². The Morgan fingerprint density at radius 2 is 0.732 bits per heavy atom. The van der Waals surface area contributed by atoms with E-state index in [-0.39, 0.29) is 97.4 Å². The van der Waals surface area contributed by atoms with Crippen LogP contribution in [-0.2, 0) is 23.7 Å². The van der Waals surface area contributed by atoms with Crippen LogP contribution in [0.25, 0.3) is 22.5 Å². The van der Waals surface area contributed by atoms with Crippen molar-refractivity contribution in [1.82, 2.24) is 19.9 Å². The molecule has 4 heterocycles. The van der Waals surface area contributed by atoms with E-state index < -0.39 is 35.7 Å². The molecule has 2 aliphatic heterocycles. The summed E-state index contributed by atoms with van der Waals surface area (Å²) in [5.41, 5.74) is 20.1. The maximum atomic E-state index is 13.7. The number of carboxylic acid groups (broad SMARTS) is 2. The van der Waals surface area contributed by atoms with Crippen molar-refractivity contribution in [2.24, 2.45) is 0 Å². The largest absolute Gasteiger partial charge is 0.478 e. The lowest BCUT2D eigenvalue weighted by Gasteiger charge is -2.29. The number of ketones is 3. The number of aromatic carboxylic acids is 2. The van der Waals surface area contributed by atoms with E-state index in [4.69, 9.17) is 45.5 Å². The van der Waals surface area contributed by atoms with Crippen molar-refractivity contribution in [2.75, 3.05) is 131 Å². The smallest absolute Gasteiger partial charge is 0.337 e. The number of Topliss-reactive ketones (excluding diaryl/α,β-unsaturated/α-hetero) is 3. The van der Waals surface area contributed by atoms with Gasteiger partial charge in [0.1, 0.15) is 0 Å². The van der Waals surface area contributed by atoms with Gasteiger partial charge >= 0.3 is 23.9 Å². The number of rotatable bonds is 35. The van der Waals surface area contributed by atoms with Crippen molar-refractivity contribution in [1.29, 1.82) is 0 Å². The number of nitrogens with two attached hydrogens (primary N) is 1. The van der Waals surface area contributed by atoms with Crippen LogP contribution >= 0.6 is 0 Å². The van der Waals surface area contributed by atoms with E-state index in [1.165, 1.54) is 105 Å². The number of nitrogens with zero attached hydrogens (tertiary/aromatic N) is 6. The Hall–Kier alpha value is -13.6. The van der Waals surface area contributed by atoms with Crippen LogP contribution in [0.2, 0.25) is 0 Å². The topological polar surface area (TPSA) is 438 Å². The Balaban J connectivity index is 0.000000213. The van der Waals surface area contributed by atoms with Crippen LogP contribution in [0.3, 0.4) is 0 Å². The SMILES string of the molecule is COC(=O)c1cccc(C(=O)CCCOCCO)c1.COC(=O)c1cccc(C(=O)O)c1.Cc1ccc(-c2cnc(NC(=O)c3cc(N4CCCCC4)ccc3N)cn2)cc1C.Cc1ccc(-c2cnc(NC(=O)c3cc(N4CCCCC4)ccc3NC(=O)c3cccc(C(=O)CCCOCCO)c3)cn2)cc1C.O=C(O)c1cccc(C(=O)CCCOCCO)c1. The minimum atomic E-state index is -1.06. The summed E-state index contributed by atoms with van der Waals surface area (Å²) in [4.78, 5) is 142. The highest BCUT2D eigenvalue weighted by molar-refractivity contribution is 6.14. The summed E-state index contributed by atoms with van der Waals surface area (Å²) >= 11 is 0. The summed E-state index contributed by atoms with van der Waals surface area (Å²) in [6, 6.07) is 48.0. The molecule has 0 unspecified atom stereocenters. The average Bonchev–Trinajstić information content (AvgIpc) is 0.807. The molecule has 30 nitrogen and oxygen atoms in total. The van der Waals surface area contributed by atoms with Gasteiger partial charge in [-0.3, -0.25) is 38.7 Å². The summed E-state index contributed by atoms with van der Waals surface area (Å²) in [5, 5.41) is 51.8. The van der Waals surface area contributed by atoms with Crippen LogP contribution in [0.5, 0.6) is 0 Å². The summed E-state index contributed by atoms with van der Waals surface area (Å²) in [7, 11) is 2.55. The van der Waals surface area contributed by atoms with Crippen LogP contribution in [-0.4, -0.2) is 204 Å². The summed E-state index contributed by atoms with van der Waals surface area (Å²) < 4.78 is 24.4. The second kappa shape index (κ2) is 52.2. The lowest BCUT2D eigenvalue weighted by atomic mass is 10.0. The summed E-state index contributed by atoms with van der Waals surface area (Å²) in [6.07, 6.45) is 15.9. The highest BCUT2D eigenvalue weighted by Gasteiger charge is 2.23. The first kappa shape index (κ1) is 98.8. The number of amides is 3. The first-order valence-corrected chi connectivity index (χ1v) is 41.8. The molecular formula is C97H110N10O20. The normalized spacial score (nSPS) is 12.0. The number of aliphatic hydroxyl groups is 3. The number of benzene rings is 8. The van der Waals surface area contributed by atoms with E-state index in [0.717, 1.165) is 72.8 Å². The van der Waals surface area contributed by atoms with E-state index in [0.29, 0.717) is 108 Å². The molecule has 2 aliphatic rings. The van der Waals surface area contributed by atoms with Crippen LogP contribution in [0.4, 0.5) is 34.4 Å². The molecule has 2 aromatic heterocycles. The quantitative estimate of drug-likeness (QED) is 0.00771. The summed E-state index contributed by atoms with van der Waals surface area (Å²) in [5.74, 6) is -3.83. The van der Waals surface area contributed by atoms with Gasteiger partial charge in [-0.25, -0.2) is 29.1 Å². The van der Waals surface area contributed by atoms with Crippen molar-refractivity contribution in [3.63, 3.8) is 0 Å². The molecule has 10 N–H and O–H groups in total. The number of aliphatic hydroxyl groups excluding tert-OH is 3. The van der Waals surface area contributed by atoms with Crippen molar-refractivity contribution in [2.45, 2.75) is 105 Å². The van der Waals surface area contributed by atoms with E-state index >= 15 is 0 Å². The van der Waals surface area contributed by atoms with Crippen LogP contribution < -0.4 is 31.5 Å². The predicted octanol–water partition coefficient (Wildman–Crippen LogP) is 14.8. The average molecular weight is 1740 g/mol. The highest BCUT2D eigenvalue weighted by atomic mass is 16.5. The van der Waals surface area contributed by atoms with E-state index in [1.54, 1.807) is 91.4 Å². The van der Waals surface area contributed by atoms with Gasteiger partial charge in [0.25, 0.3) is 17.7 Å². The maximum absolute atomic E-state index is 13.7. The monoisotopic (exact) mass is 1730 g/mol. The zero-order valence-corrected chi connectivity index (χ0v) is 72.3. The molecule has 0 bridgehead atoms. The number of piperidine rings is 2. The number of hydrogen-bond donors (Lipinski definition) is 9. The number of nitrogens with one attached hydrogen (secondary N) is 3. The molecule has 0 aliphatic carbocycles. The fraction of sp³-hybridized carbons (Fsp3) is 0.320. The number of hydrogen-bond acceptors (Lipinski definition) is 25. The third-order valence-corrected chi connectivity index (χ3v) is 20.4. The van der Waals surface area contributed by atoms with E-state index in [2.05, 4.69) is 94.1 Å². The lowest BCUT2D eigenvalue weighted by Crippen LogP contribution is -2.29. The molecule has 0 radical (unpaired) electrons. The van der Waals surface area contributed by atoms with E-state index in [9.17, 15) is 47.9 Å².